The molecule has 1 unspecified atom stereocenters. The molecule has 29 heavy (non-hydrogen) atoms. The molecule has 0 bridgehead atoms. The van der Waals surface area contributed by atoms with Crippen molar-refractivity contribution in [2.24, 2.45) is 0 Å². The molecule has 0 aliphatic carbocycles. The highest BCUT2D eigenvalue weighted by atomic mass is 32.2. The van der Waals surface area contributed by atoms with Crippen molar-refractivity contribution in [1.29, 1.82) is 0 Å². The lowest BCUT2D eigenvalue weighted by molar-refractivity contribution is 0.114. The number of hydrogen-bond acceptors (Lipinski definition) is 4. The Bertz CT molecular complexity index is 823. The quantitative estimate of drug-likeness (QED) is 0.316. The third kappa shape index (κ3) is 7.06. The minimum absolute atomic E-state index is 0.0534. The van der Waals surface area contributed by atoms with Crippen molar-refractivity contribution in [2.45, 2.75) is 69.7 Å². The Balaban J connectivity index is 2.11. The Morgan fingerprint density at radius 1 is 0.897 bits per heavy atom. The van der Waals surface area contributed by atoms with Crippen molar-refractivity contribution < 1.29 is 17.0 Å². The zero-order valence-corrected chi connectivity index (χ0v) is 19.9. The molecule has 0 fully saturated rings. The third-order valence-electron chi connectivity index (χ3n) is 5.67. The minimum atomic E-state index is -3.80. The number of hydrogen-bond donors (Lipinski definition) is 0. The average Bonchev–Trinajstić information content (AvgIpc) is 2.75. The molecule has 2 rings (SSSR count). The van der Waals surface area contributed by atoms with Gasteiger partial charge in [0.2, 0.25) is 0 Å². The van der Waals surface area contributed by atoms with Crippen LogP contribution >= 0.6 is 0 Å². The Labute approximate surface area is 177 Å². The van der Waals surface area contributed by atoms with Crippen molar-refractivity contribution in [3.63, 3.8) is 0 Å². The molecule has 0 amide bonds. The maximum absolute atomic E-state index is 12.6. The molecular formula is C23H34O4SSi. The smallest absolute Gasteiger partial charge is 0.297 e. The van der Waals surface area contributed by atoms with Gasteiger partial charge in [-0.1, -0.05) is 68.8 Å². The van der Waals surface area contributed by atoms with Crippen LogP contribution in [0.4, 0.5) is 0 Å². The van der Waals surface area contributed by atoms with E-state index in [2.05, 4.69) is 32.9 Å². The summed E-state index contributed by atoms with van der Waals surface area (Å²) in [7, 11) is -5.67. The fourth-order valence-corrected chi connectivity index (χ4v) is 7.27. The van der Waals surface area contributed by atoms with Gasteiger partial charge >= 0.3 is 0 Å². The van der Waals surface area contributed by atoms with Crippen molar-refractivity contribution in [3.05, 3.63) is 65.7 Å². The number of benzene rings is 2. The van der Waals surface area contributed by atoms with Gasteiger partial charge in [-0.25, -0.2) is 0 Å². The molecule has 2 aromatic carbocycles. The molecule has 0 spiro atoms. The average molecular weight is 435 g/mol. The van der Waals surface area contributed by atoms with E-state index in [-0.39, 0.29) is 17.6 Å². The fraction of sp³-hybridized carbons (Fsp3) is 0.478. The summed E-state index contributed by atoms with van der Waals surface area (Å²) in [6.07, 6.45) is 1.34. The van der Waals surface area contributed by atoms with E-state index in [4.69, 9.17) is 8.61 Å². The van der Waals surface area contributed by atoms with Gasteiger partial charge in [-0.2, -0.15) is 8.42 Å². The first kappa shape index (κ1) is 23.8. The Hall–Kier alpha value is -1.47. The summed E-state index contributed by atoms with van der Waals surface area (Å²) < 4.78 is 37.3. The summed E-state index contributed by atoms with van der Waals surface area (Å²) in [5.74, 6) is 0. The Kier molecular flexibility index (Phi) is 9.08. The highest BCUT2D eigenvalue weighted by Gasteiger charge is 2.32. The van der Waals surface area contributed by atoms with Gasteiger partial charge in [-0.15, -0.1) is 0 Å². The molecule has 0 aliphatic heterocycles. The number of rotatable bonds is 12. The highest BCUT2D eigenvalue weighted by molar-refractivity contribution is 7.86. The van der Waals surface area contributed by atoms with E-state index in [1.807, 2.05) is 25.1 Å². The molecule has 160 valence electrons. The largest absolute Gasteiger partial charge is 0.412 e. The first-order valence-electron chi connectivity index (χ1n) is 10.5. The molecule has 0 saturated carbocycles. The first-order chi connectivity index (χ1) is 13.8. The van der Waals surface area contributed by atoms with Gasteiger partial charge in [-0.05, 0) is 55.6 Å². The van der Waals surface area contributed by atoms with Crippen molar-refractivity contribution >= 4 is 18.4 Å². The van der Waals surface area contributed by atoms with E-state index < -0.39 is 18.4 Å². The normalized spacial score (nSPS) is 13.4. The molecule has 6 heteroatoms. The van der Waals surface area contributed by atoms with Crippen LogP contribution in [0, 0.1) is 6.92 Å². The van der Waals surface area contributed by atoms with Gasteiger partial charge in [0.15, 0.2) is 8.32 Å². The maximum atomic E-state index is 12.6. The third-order valence-corrected chi connectivity index (χ3v) is 11.7. The van der Waals surface area contributed by atoms with E-state index in [1.165, 1.54) is 5.56 Å². The monoisotopic (exact) mass is 434 g/mol. The van der Waals surface area contributed by atoms with Crippen LogP contribution in [-0.2, 0) is 25.1 Å². The number of aryl methyl sites for hydroxylation is 2. The Morgan fingerprint density at radius 2 is 1.48 bits per heavy atom. The molecule has 0 aliphatic rings. The van der Waals surface area contributed by atoms with Crippen LogP contribution in [-0.4, -0.2) is 29.4 Å². The van der Waals surface area contributed by atoms with E-state index in [0.29, 0.717) is 0 Å². The summed E-state index contributed by atoms with van der Waals surface area (Å²) >= 11 is 0. The predicted octanol–water partition coefficient (Wildman–Crippen LogP) is 5.72. The molecule has 0 radical (unpaired) electrons. The van der Waals surface area contributed by atoms with Crippen LogP contribution in [0.3, 0.4) is 0 Å². The van der Waals surface area contributed by atoms with E-state index >= 15 is 0 Å². The summed E-state index contributed by atoms with van der Waals surface area (Å²) in [5.41, 5.74) is 2.23. The molecule has 0 N–H and O–H groups in total. The lowest BCUT2D eigenvalue weighted by atomic mass is 10.1. The van der Waals surface area contributed by atoms with Crippen LogP contribution in [0.1, 0.15) is 38.3 Å². The molecule has 4 nitrogen and oxygen atoms in total. The highest BCUT2D eigenvalue weighted by Crippen LogP contribution is 2.26. The van der Waals surface area contributed by atoms with Crippen LogP contribution in [0.25, 0.3) is 0 Å². The lowest BCUT2D eigenvalue weighted by Crippen LogP contribution is -2.42. The molecule has 1 atom stereocenters. The molecule has 0 aromatic heterocycles. The fourth-order valence-electron chi connectivity index (χ4n) is 3.44. The van der Waals surface area contributed by atoms with Gasteiger partial charge in [0.25, 0.3) is 10.1 Å². The molecular weight excluding hydrogens is 400 g/mol. The molecule has 0 heterocycles. The summed E-state index contributed by atoms with van der Waals surface area (Å²) in [6, 6.07) is 20.0. The molecule has 2 aromatic rings. The summed E-state index contributed by atoms with van der Waals surface area (Å²) in [6.45, 7) is 8.51. The van der Waals surface area contributed by atoms with Crippen LogP contribution in [0.5, 0.6) is 0 Å². The van der Waals surface area contributed by atoms with Crippen molar-refractivity contribution in [1.82, 2.24) is 0 Å². The van der Waals surface area contributed by atoms with Crippen molar-refractivity contribution in [3.8, 4) is 0 Å². The second-order valence-corrected chi connectivity index (χ2v) is 13.9. The van der Waals surface area contributed by atoms with Gasteiger partial charge < -0.3 is 4.43 Å². The minimum Gasteiger partial charge on any atom is -0.412 e. The standard InChI is InChI=1S/C23H34O4SSi/c1-5-29(6-2,7-3)27-22(16-15-21-11-9-8-10-12-21)19-26-28(24,25)23-17-13-20(4)14-18-23/h8-14,17-18,22H,5-7,15-16,19H2,1-4H3. The van der Waals surface area contributed by atoms with E-state index in [0.717, 1.165) is 36.5 Å². The van der Waals surface area contributed by atoms with Gasteiger partial charge in [0.1, 0.15) is 0 Å². The predicted molar refractivity (Wildman–Crippen MR) is 121 cm³/mol. The van der Waals surface area contributed by atoms with Gasteiger partial charge in [-0.3, -0.25) is 4.18 Å². The summed E-state index contributed by atoms with van der Waals surface area (Å²) in [4.78, 5) is 0.190. The summed E-state index contributed by atoms with van der Waals surface area (Å²) in [5, 5.41) is 0. The Morgan fingerprint density at radius 3 is 2.03 bits per heavy atom. The van der Waals surface area contributed by atoms with Gasteiger partial charge in [0.05, 0.1) is 17.6 Å². The first-order valence-corrected chi connectivity index (χ1v) is 14.5. The maximum Gasteiger partial charge on any atom is 0.297 e. The SMILES string of the molecule is CC[Si](CC)(CC)OC(CCc1ccccc1)COS(=O)(=O)c1ccc(C)cc1. The molecule has 0 saturated heterocycles. The zero-order valence-electron chi connectivity index (χ0n) is 18.1. The van der Waals surface area contributed by atoms with E-state index in [9.17, 15) is 8.42 Å². The second kappa shape index (κ2) is 11.1. The van der Waals surface area contributed by atoms with Crippen LogP contribution in [0.2, 0.25) is 18.1 Å². The van der Waals surface area contributed by atoms with Crippen LogP contribution < -0.4 is 0 Å². The second-order valence-electron chi connectivity index (χ2n) is 7.56. The van der Waals surface area contributed by atoms with Crippen LogP contribution in [0.15, 0.2) is 59.5 Å². The topological polar surface area (TPSA) is 52.6 Å². The zero-order chi connectivity index (χ0) is 21.3. The van der Waals surface area contributed by atoms with E-state index in [1.54, 1.807) is 24.3 Å². The lowest BCUT2D eigenvalue weighted by Gasteiger charge is -2.33. The van der Waals surface area contributed by atoms with Crippen molar-refractivity contribution in [2.75, 3.05) is 6.61 Å². The van der Waals surface area contributed by atoms with Gasteiger partial charge in [0, 0.05) is 0 Å².